The van der Waals surface area contributed by atoms with Crippen molar-refractivity contribution in [2.45, 2.75) is 6.61 Å². The summed E-state index contributed by atoms with van der Waals surface area (Å²) in [5, 5.41) is 2.49. The number of rotatable bonds is 5. The maximum atomic E-state index is 11.7. The molecule has 0 aliphatic carbocycles. The minimum atomic E-state index is -0.482. The van der Waals surface area contributed by atoms with Crippen LogP contribution >= 0.6 is 22.9 Å². The summed E-state index contributed by atoms with van der Waals surface area (Å²) in [7, 11) is 0. The molecule has 0 saturated carbocycles. The third-order valence-corrected chi connectivity index (χ3v) is 3.66. The standard InChI is InChI=1S/C14H12ClNO3S/c15-12-7-6-11(20-12)14(18)16-8-13(17)19-9-10-4-2-1-3-5-10/h1-7H,8-9H2,(H,16,18). The second-order valence-corrected chi connectivity index (χ2v) is 5.65. The van der Waals surface area contributed by atoms with Crippen molar-refractivity contribution in [1.82, 2.24) is 5.32 Å². The van der Waals surface area contributed by atoms with E-state index in [1.54, 1.807) is 12.1 Å². The maximum absolute atomic E-state index is 11.7. The normalized spacial score (nSPS) is 10.1. The van der Waals surface area contributed by atoms with Crippen LogP contribution in [0, 0.1) is 0 Å². The highest BCUT2D eigenvalue weighted by Crippen LogP contribution is 2.20. The molecule has 0 bridgehead atoms. The molecule has 0 fully saturated rings. The number of hydrogen-bond donors (Lipinski definition) is 1. The molecule has 1 amide bonds. The van der Waals surface area contributed by atoms with Gasteiger partial charge in [-0.25, -0.2) is 0 Å². The van der Waals surface area contributed by atoms with Gasteiger partial charge in [0.15, 0.2) is 0 Å². The summed E-state index contributed by atoms with van der Waals surface area (Å²) in [4.78, 5) is 23.6. The Labute approximate surface area is 125 Å². The molecule has 0 unspecified atom stereocenters. The summed E-state index contributed by atoms with van der Waals surface area (Å²) in [6, 6.07) is 12.6. The Morgan fingerprint density at radius 2 is 1.90 bits per heavy atom. The molecule has 0 atom stereocenters. The van der Waals surface area contributed by atoms with Gasteiger partial charge in [-0.2, -0.15) is 0 Å². The average molecular weight is 310 g/mol. The zero-order chi connectivity index (χ0) is 14.4. The van der Waals surface area contributed by atoms with Crippen LogP contribution in [0.4, 0.5) is 0 Å². The largest absolute Gasteiger partial charge is 0.460 e. The Kier molecular flexibility index (Phi) is 5.15. The van der Waals surface area contributed by atoms with E-state index in [0.29, 0.717) is 9.21 Å². The first-order valence-corrected chi connectivity index (χ1v) is 7.07. The van der Waals surface area contributed by atoms with Crippen LogP contribution in [0.3, 0.4) is 0 Å². The van der Waals surface area contributed by atoms with E-state index >= 15 is 0 Å². The van der Waals surface area contributed by atoms with Crippen molar-refractivity contribution in [3.05, 3.63) is 57.2 Å². The van der Waals surface area contributed by atoms with Crippen LogP contribution in [0.15, 0.2) is 42.5 Å². The monoisotopic (exact) mass is 309 g/mol. The lowest BCUT2D eigenvalue weighted by atomic mass is 10.2. The summed E-state index contributed by atoms with van der Waals surface area (Å²) in [6.45, 7) is 0.0293. The smallest absolute Gasteiger partial charge is 0.325 e. The first kappa shape index (κ1) is 14.6. The molecule has 6 heteroatoms. The highest BCUT2D eigenvalue weighted by molar-refractivity contribution is 7.17. The first-order valence-electron chi connectivity index (χ1n) is 5.88. The molecular weight excluding hydrogens is 298 g/mol. The van der Waals surface area contributed by atoms with Crippen molar-refractivity contribution in [2.24, 2.45) is 0 Å². The van der Waals surface area contributed by atoms with E-state index in [9.17, 15) is 9.59 Å². The van der Waals surface area contributed by atoms with Gasteiger partial charge in [0.05, 0.1) is 9.21 Å². The van der Waals surface area contributed by atoms with E-state index in [-0.39, 0.29) is 19.1 Å². The summed E-state index contributed by atoms with van der Waals surface area (Å²) in [6.07, 6.45) is 0. The van der Waals surface area contributed by atoms with Crippen molar-refractivity contribution in [2.75, 3.05) is 6.54 Å². The van der Waals surface area contributed by atoms with Crippen molar-refractivity contribution in [1.29, 1.82) is 0 Å². The maximum Gasteiger partial charge on any atom is 0.325 e. The Morgan fingerprint density at radius 1 is 1.15 bits per heavy atom. The number of nitrogens with one attached hydrogen (secondary N) is 1. The van der Waals surface area contributed by atoms with Gasteiger partial charge in [0.1, 0.15) is 13.2 Å². The van der Waals surface area contributed by atoms with Gasteiger partial charge in [0.25, 0.3) is 5.91 Å². The van der Waals surface area contributed by atoms with Crippen LogP contribution < -0.4 is 5.32 Å². The number of hydrogen-bond acceptors (Lipinski definition) is 4. The third kappa shape index (κ3) is 4.36. The van der Waals surface area contributed by atoms with E-state index in [4.69, 9.17) is 16.3 Å². The number of ether oxygens (including phenoxy) is 1. The zero-order valence-electron chi connectivity index (χ0n) is 10.5. The fourth-order valence-electron chi connectivity index (χ4n) is 1.46. The van der Waals surface area contributed by atoms with Gasteiger partial charge in [0, 0.05) is 0 Å². The van der Waals surface area contributed by atoms with Crippen molar-refractivity contribution in [3.8, 4) is 0 Å². The summed E-state index contributed by atoms with van der Waals surface area (Å²) in [5.41, 5.74) is 0.900. The topological polar surface area (TPSA) is 55.4 Å². The van der Waals surface area contributed by atoms with Crippen molar-refractivity contribution in [3.63, 3.8) is 0 Å². The minimum Gasteiger partial charge on any atom is -0.460 e. The Bertz CT molecular complexity index is 597. The van der Waals surface area contributed by atoms with E-state index < -0.39 is 5.97 Å². The summed E-state index contributed by atoms with van der Waals surface area (Å²) < 4.78 is 5.57. The number of halogens is 1. The van der Waals surface area contributed by atoms with E-state index in [0.717, 1.165) is 16.9 Å². The number of thiophene rings is 1. The van der Waals surface area contributed by atoms with Gasteiger partial charge in [0.2, 0.25) is 0 Å². The molecule has 1 aromatic heterocycles. The number of amides is 1. The Hall–Kier alpha value is -1.85. The lowest BCUT2D eigenvalue weighted by Gasteiger charge is -2.05. The predicted octanol–water partition coefficient (Wildman–Crippen LogP) is 2.87. The highest BCUT2D eigenvalue weighted by atomic mass is 35.5. The Balaban J connectivity index is 1.74. The molecule has 1 N–H and O–H groups in total. The molecule has 1 heterocycles. The molecular formula is C14H12ClNO3S. The molecule has 20 heavy (non-hydrogen) atoms. The zero-order valence-corrected chi connectivity index (χ0v) is 12.0. The van der Waals surface area contributed by atoms with Gasteiger partial charge in [-0.15, -0.1) is 11.3 Å². The molecule has 0 aliphatic rings. The fourth-order valence-corrected chi connectivity index (χ4v) is 2.42. The van der Waals surface area contributed by atoms with E-state index in [2.05, 4.69) is 5.32 Å². The van der Waals surface area contributed by atoms with Crippen molar-refractivity contribution < 1.29 is 14.3 Å². The van der Waals surface area contributed by atoms with E-state index in [1.807, 2.05) is 30.3 Å². The fraction of sp³-hybridized carbons (Fsp3) is 0.143. The molecule has 1 aromatic carbocycles. The first-order chi connectivity index (χ1) is 9.65. The molecule has 4 nitrogen and oxygen atoms in total. The minimum absolute atomic E-state index is 0.165. The van der Waals surface area contributed by atoms with E-state index in [1.165, 1.54) is 0 Å². The SMILES string of the molecule is O=C(CNC(=O)c1ccc(Cl)s1)OCc1ccccc1. The predicted molar refractivity (Wildman–Crippen MR) is 77.9 cm³/mol. The van der Waals surface area contributed by atoms with Crippen LogP contribution in [0.25, 0.3) is 0 Å². The number of carbonyl (C=O) groups is 2. The van der Waals surface area contributed by atoms with Crippen LogP contribution in [-0.4, -0.2) is 18.4 Å². The van der Waals surface area contributed by atoms with Gasteiger partial charge in [-0.1, -0.05) is 41.9 Å². The molecule has 0 radical (unpaired) electrons. The summed E-state index contributed by atoms with van der Waals surface area (Å²) >= 11 is 6.89. The third-order valence-electron chi connectivity index (χ3n) is 2.43. The van der Waals surface area contributed by atoms with Crippen LogP contribution in [0.1, 0.15) is 15.2 Å². The van der Waals surface area contributed by atoms with Crippen molar-refractivity contribution >= 4 is 34.8 Å². The van der Waals surface area contributed by atoms with Crippen LogP contribution in [0.5, 0.6) is 0 Å². The molecule has 2 rings (SSSR count). The number of benzene rings is 1. The van der Waals surface area contributed by atoms with Crippen LogP contribution in [0.2, 0.25) is 4.34 Å². The molecule has 0 aliphatic heterocycles. The molecule has 0 saturated heterocycles. The summed E-state index contributed by atoms with van der Waals surface area (Å²) in [5.74, 6) is -0.816. The van der Waals surface area contributed by atoms with Gasteiger partial charge >= 0.3 is 5.97 Å². The molecule has 104 valence electrons. The Morgan fingerprint density at radius 3 is 2.55 bits per heavy atom. The van der Waals surface area contributed by atoms with Gasteiger partial charge in [-0.05, 0) is 17.7 Å². The lowest BCUT2D eigenvalue weighted by molar-refractivity contribution is -0.143. The van der Waals surface area contributed by atoms with Gasteiger partial charge < -0.3 is 10.1 Å². The average Bonchev–Trinajstić information content (AvgIpc) is 2.90. The van der Waals surface area contributed by atoms with Crippen LogP contribution in [-0.2, 0) is 16.1 Å². The lowest BCUT2D eigenvalue weighted by Crippen LogP contribution is -2.30. The highest BCUT2D eigenvalue weighted by Gasteiger charge is 2.10. The molecule has 0 spiro atoms. The second kappa shape index (κ2) is 7.07. The van der Waals surface area contributed by atoms with Gasteiger partial charge in [-0.3, -0.25) is 9.59 Å². The number of carbonyl (C=O) groups excluding carboxylic acids is 2. The quantitative estimate of drug-likeness (QED) is 0.864. The number of esters is 1. The molecule has 2 aromatic rings. The second-order valence-electron chi connectivity index (χ2n) is 3.93.